The highest BCUT2D eigenvalue weighted by molar-refractivity contribution is 5.73. The van der Waals surface area contributed by atoms with E-state index >= 15 is 0 Å². The van der Waals surface area contributed by atoms with Crippen LogP contribution in [0.25, 0.3) is 0 Å². The number of alkyl halides is 2. The maximum atomic E-state index is 13.0. The van der Waals surface area contributed by atoms with Crippen molar-refractivity contribution >= 4 is 5.97 Å². The molecule has 0 saturated carbocycles. The van der Waals surface area contributed by atoms with Crippen molar-refractivity contribution < 1.29 is 23.0 Å². The summed E-state index contributed by atoms with van der Waals surface area (Å²) in [7, 11) is 2.31. The van der Waals surface area contributed by atoms with Crippen molar-refractivity contribution in [2.45, 2.75) is 12.8 Å². The van der Waals surface area contributed by atoms with E-state index in [4.69, 9.17) is 10.00 Å². The van der Waals surface area contributed by atoms with Gasteiger partial charge >= 0.3 is 5.97 Å². The van der Waals surface area contributed by atoms with Crippen LogP contribution in [-0.4, -0.2) is 25.2 Å². The van der Waals surface area contributed by atoms with E-state index in [0.717, 1.165) is 20.4 Å². The predicted octanol–water partition coefficient (Wildman–Crippen LogP) is 1.61. The van der Waals surface area contributed by atoms with Gasteiger partial charge in [0.05, 0.1) is 26.2 Å². The first kappa shape index (κ1) is 13.8. The van der Waals surface area contributed by atoms with Crippen molar-refractivity contribution in [1.29, 1.82) is 5.26 Å². The third-order valence-corrected chi connectivity index (χ3v) is 2.25. The van der Waals surface area contributed by atoms with Gasteiger partial charge in [0.15, 0.2) is 11.4 Å². The number of esters is 1. The molecule has 0 fully saturated rings. The standard InChI is InChI=1S/C11H10F2N2O3/c1-17-8(16)3-6-5-15-7(4-14)10(18-2)9(6)11(12)13/h5,11H,3H2,1-2H3. The monoisotopic (exact) mass is 256 g/mol. The summed E-state index contributed by atoms with van der Waals surface area (Å²) in [5.41, 5.74) is -0.774. The quantitative estimate of drug-likeness (QED) is 0.765. The van der Waals surface area contributed by atoms with Crippen LogP contribution in [0.5, 0.6) is 5.75 Å². The number of hydrogen-bond acceptors (Lipinski definition) is 5. The minimum absolute atomic E-state index is 0.0206. The van der Waals surface area contributed by atoms with E-state index in [9.17, 15) is 13.6 Å². The van der Waals surface area contributed by atoms with Crippen LogP contribution in [0.4, 0.5) is 8.78 Å². The van der Waals surface area contributed by atoms with Gasteiger partial charge in [-0.2, -0.15) is 5.26 Å². The number of methoxy groups -OCH3 is 2. The molecule has 1 aromatic heterocycles. The van der Waals surface area contributed by atoms with Crippen molar-refractivity contribution in [3.8, 4) is 11.8 Å². The second-order valence-electron chi connectivity index (χ2n) is 3.24. The molecule has 0 spiro atoms. The van der Waals surface area contributed by atoms with Gasteiger partial charge in [0.25, 0.3) is 6.43 Å². The van der Waals surface area contributed by atoms with Crippen LogP contribution in [0.3, 0.4) is 0 Å². The highest BCUT2D eigenvalue weighted by Gasteiger charge is 2.24. The fourth-order valence-electron chi connectivity index (χ4n) is 1.44. The van der Waals surface area contributed by atoms with Crippen LogP contribution < -0.4 is 4.74 Å². The Morgan fingerprint density at radius 3 is 2.67 bits per heavy atom. The van der Waals surface area contributed by atoms with Gasteiger partial charge in [-0.15, -0.1) is 0 Å². The normalized spacial score (nSPS) is 10.0. The molecule has 0 aliphatic rings. The predicted molar refractivity (Wildman–Crippen MR) is 56.2 cm³/mol. The zero-order valence-corrected chi connectivity index (χ0v) is 9.74. The van der Waals surface area contributed by atoms with E-state index in [1.54, 1.807) is 6.07 Å². The third-order valence-electron chi connectivity index (χ3n) is 2.25. The Hall–Kier alpha value is -2.23. The zero-order valence-electron chi connectivity index (χ0n) is 9.74. The average Bonchev–Trinajstić information content (AvgIpc) is 2.37. The SMILES string of the molecule is COC(=O)Cc1cnc(C#N)c(OC)c1C(F)F. The molecule has 0 aliphatic carbocycles. The second kappa shape index (κ2) is 5.91. The van der Waals surface area contributed by atoms with Crippen molar-refractivity contribution in [2.24, 2.45) is 0 Å². The Morgan fingerprint density at radius 1 is 1.56 bits per heavy atom. The molecule has 0 saturated heterocycles. The molecule has 0 amide bonds. The van der Waals surface area contributed by atoms with E-state index in [0.29, 0.717) is 0 Å². The molecular formula is C11H10F2N2O3. The Kier molecular flexibility index (Phi) is 4.54. The first-order valence-corrected chi connectivity index (χ1v) is 4.86. The summed E-state index contributed by atoms with van der Waals surface area (Å²) in [6, 6.07) is 1.65. The number of carbonyl (C=O) groups is 1. The fourth-order valence-corrected chi connectivity index (χ4v) is 1.44. The summed E-state index contributed by atoms with van der Waals surface area (Å²) in [6.07, 6.45) is -2.18. The smallest absolute Gasteiger partial charge is 0.310 e. The molecule has 0 unspecified atom stereocenters. The van der Waals surface area contributed by atoms with Crippen molar-refractivity contribution in [3.63, 3.8) is 0 Å². The van der Waals surface area contributed by atoms with Crippen LogP contribution in [-0.2, 0) is 16.0 Å². The van der Waals surface area contributed by atoms with Crippen LogP contribution in [0, 0.1) is 11.3 Å². The van der Waals surface area contributed by atoms with Gasteiger partial charge in [-0.1, -0.05) is 0 Å². The molecule has 1 heterocycles. The summed E-state index contributed by atoms with van der Waals surface area (Å²) in [4.78, 5) is 14.8. The largest absolute Gasteiger partial charge is 0.493 e. The van der Waals surface area contributed by atoms with E-state index < -0.39 is 18.0 Å². The van der Waals surface area contributed by atoms with Crippen molar-refractivity contribution in [1.82, 2.24) is 4.98 Å². The van der Waals surface area contributed by atoms with Crippen LogP contribution in [0.15, 0.2) is 6.20 Å². The number of hydrogen-bond donors (Lipinski definition) is 0. The van der Waals surface area contributed by atoms with E-state index in [2.05, 4.69) is 9.72 Å². The molecule has 7 heteroatoms. The molecule has 96 valence electrons. The molecule has 1 aromatic rings. The number of carbonyl (C=O) groups excluding carboxylic acids is 1. The molecule has 5 nitrogen and oxygen atoms in total. The van der Waals surface area contributed by atoms with Crippen molar-refractivity contribution in [2.75, 3.05) is 14.2 Å². The van der Waals surface area contributed by atoms with Gasteiger partial charge in [0.2, 0.25) is 0 Å². The minimum atomic E-state index is -2.88. The summed E-state index contributed by atoms with van der Waals surface area (Å²) >= 11 is 0. The third kappa shape index (κ3) is 2.71. The number of rotatable bonds is 4. The first-order chi connectivity index (χ1) is 8.54. The number of aromatic nitrogens is 1. The zero-order chi connectivity index (χ0) is 13.7. The summed E-state index contributed by atoms with van der Waals surface area (Å²) < 4.78 is 35.1. The Balaban J connectivity index is 3.35. The van der Waals surface area contributed by atoms with Gasteiger partial charge in [-0.05, 0) is 5.56 Å². The lowest BCUT2D eigenvalue weighted by atomic mass is 10.1. The number of nitriles is 1. The Bertz CT molecular complexity index is 498. The summed E-state index contributed by atoms with van der Waals surface area (Å²) in [6.45, 7) is 0. The molecule has 0 aliphatic heterocycles. The second-order valence-corrected chi connectivity index (χ2v) is 3.24. The molecule has 0 bridgehead atoms. The van der Waals surface area contributed by atoms with Crippen LogP contribution in [0.2, 0.25) is 0 Å². The van der Waals surface area contributed by atoms with E-state index in [1.807, 2.05) is 0 Å². The van der Waals surface area contributed by atoms with Crippen molar-refractivity contribution in [3.05, 3.63) is 23.0 Å². The van der Waals surface area contributed by atoms with Gasteiger partial charge < -0.3 is 9.47 Å². The number of halogens is 2. The topological polar surface area (TPSA) is 72.2 Å². The lowest BCUT2D eigenvalue weighted by molar-refractivity contribution is -0.139. The van der Waals surface area contributed by atoms with Gasteiger partial charge in [0, 0.05) is 6.20 Å². The maximum absolute atomic E-state index is 13.0. The lowest BCUT2D eigenvalue weighted by Gasteiger charge is -2.13. The molecule has 0 radical (unpaired) electrons. The van der Waals surface area contributed by atoms with Crippen LogP contribution in [0.1, 0.15) is 23.2 Å². The highest BCUT2D eigenvalue weighted by atomic mass is 19.3. The lowest BCUT2D eigenvalue weighted by Crippen LogP contribution is -2.10. The molecule has 0 N–H and O–H groups in total. The Labute approximate surface area is 102 Å². The Morgan fingerprint density at radius 2 is 2.22 bits per heavy atom. The molecule has 0 aromatic carbocycles. The summed E-state index contributed by atoms with van der Waals surface area (Å²) in [5, 5.41) is 8.75. The highest BCUT2D eigenvalue weighted by Crippen LogP contribution is 2.34. The van der Waals surface area contributed by atoms with Gasteiger partial charge in [0.1, 0.15) is 6.07 Å². The number of nitrogens with zero attached hydrogens (tertiary/aromatic N) is 2. The average molecular weight is 256 g/mol. The van der Waals surface area contributed by atoms with E-state index in [-0.39, 0.29) is 23.4 Å². The fraction of sp³-hybridized carbons (Fsp3) is 0.364. The van der Waals surface area contributed by atoms with Gasteiger partial charge in [-0.25, -0.2) is 13.8 Å². The minimum Gasteiger partial charge on any atom is -0.493 e. The number of pyridine rings is 1. The van der Waals surface area contributed by atoms with Crippen LogP contribution >= 0.6 is 0 Å². The van der Waals surface area contributed by atoms with Gasteiger partial charge in [-0.3, -0.25) is 4.79 Å². The molecule has 0 atom stereocenters. The van der Waals surface area contributed by atoms with E-state index in [1.165, 1.54) is 0 Å². The molecular weight excluding hydrogens is 246 g/mol. The maximum Gasteiger partial charge on any atom is 0.310 e. The summed E-state index contributed by atoms with van der Waals surface area (Å²) in [5.74, 6) is -0.987. The number of ether oxygens (including phenoxy) is 2. The first-order valence-electron chi connectivity index (χ1n) is 4.86. The molecule has 1 rings (SSSR count). The molecule has 18 heavy (non-hydrogen) atoms.